The van der Waals surface area contributed by atoms with Crippen LogP contribution in [0.25, 0.3) is 0 Å². The molecule has 0 bridgehead atoms. The lowest BCUT2D eigenvalue weighted by atomic mass is 10.1. The SMILES string of the molecule is O=C(O)CCc1ccc(C2CCCC2)o1. The van der Waals surface area contributed by atoms with Gasteiger partial charge in [-0.25, -0.2) is 0 Å². The highest BCUT2D eigenvalue weighted by Crippen LogP contribution is 2.34. The quantitative estimate of drug-likeness (QED) is 0.827. The fourth-order valence-corrected chi connectivity index (χ4v) is 2.19. The third kappa shape index (κ3) is 2.61. The number of furan rings is 1. The van der Waals surface area contributed by atoms with Gasteiger partial charge in [-0.15, -0.1) is 0 Å². The number of hydrogen-bond donors (Lipinski definition) is 1. The van der Waals surface area contributed by atoms with Gasteiger partial charge < -0.3 is 9.52 Å². The average Bonchev–Trinajstić information content (AvgIpc) is 2.85. The summed E-state index contributed by atoms with van der Waals surface area (Å²) in [6.45, 7) is 0. The van der Waals surface area contributed by atoms with Crippen LogP contribution in [0.15, 0.2) is 16.5 Å². The summed E-state index contributed by atoms with van der Waals surface area (Å²) in [5.74, 6) is 1.66. The zero-order valence-corrected chi connectivity index (χ0v) is 8.74. The van der Waals surface area contributed by atoms with Crippen LogP contribution in [0.4, 0.5) is 0 Å². The van der Waals surface area contributed by atoms with Crippen molar-refractivity contribution in [2.24, 2.45) is 0 Å². The summed E-state index contributed by atoms with van der Waals surface area (Å²) in [4.78, 5) is 10.4. The molecule has 1 aromatic rings. The van der Waals surface area contributed by atoms with E-state index in [1.807, 2.05) is 12.1 Å². The van der Waals surface area contributed by atoms with Gasteiger partial charge in [-0.1, -0.05) is 12.8 Å². The Balaban J connectivity index is 1.94. The van der Waals surface area contributed by atoms with Crippen LogP contribution in [0.3, 0.4) is 0 Å². The molecule has 15 heavy (non-hydrogen) atoms. The van der Waals surface area contributed by atoms with Crippen LogP contribution in [0, 0.1) is 0 Å². The lowest BCUT2D eigenvalue weighted by Gasteiger charge is -2.03. The van der Waals surface area contributed by atoms with Gasteiger partial charge in [0.15, 0.2) is 0 Å². The highest BCUT2D eigenvalue weighted by Gasteiger charge is 2.20. The molecule has 0 aliphatic heterocycles. The highest BCUT2D eigenvalue weighted by molar-refractivity contribution is 5.66. The van der Waals surface area contributed by atoms with E-state index in [4.69, 9.17) is 9.52 Å². The molecule has 1 heterocycles. The van der Waals surface area contributed by atoms with Crippen LogP contribution < -0.4 is 0 Å². The molecule has 0 unspecified atom stereocenters. The molecule has 0 aromatic carbocycles. The van der Waals surface area contributed by atoms with E-state index in [2.05, 4.69) is 0 Å². The molecule has 1 aliphatic carbocycles. The zero-order valence-electron chi connectivity index (χ0n) is 8.74. The Hall–Kier alpha value is -1.25. The van der Waals surface area contributed by atoms with Crippen molar-refractivity contribution in [3.05, 3.63) is 23.7 Å². The van der Waals surface area contributed by atoms with E-state index in [0.29, 0.717) is 12.3 Å². The monoisotopic (exact) mass is 208 g/mol. The van der Waals surface area contributed by atoms with E-state index in [-0.39, 0.29) is 6.42 Å². The second kappa shape index (κ2) is 4.51. The summed E-state index contributed by atoms with van der Waals surface area (Å²) in [7, 11) is 0. The Bertz CT molecular complexity index is 334. The Kier molecular flexibility index (Phi) is 3.09. The molecule has 1 aromatic heterocycles. The van der Waals surface area contributed by atoms with Crippen molar-refractivity contribution in [3.8, 4) is 0 Å². The van der Waals surface area contributed by atoms with E-state index in [0.717, 1.165) is 11.5 Å². The predicted octanol–water partition coefficient (Wildman–Crippen LogP) is 2.95. The maximum atomic E-state index is 10.4. The first-order valence-corrected chi connectivity index (χ1v) is 5.56. The van der Waals surface area contributed by atoms with Crippen molar-refractivity contribution in [2.75, 3.05) is 0 Å². The lowest BCUT2D eigenvalue weighted by molar-refractivity contribution is -0.137. The molecule has 0 radical (unpaired) electrons. The first-order chi connectivity index (χ1) is 7.25. The number of aryl methyl sites for hydroxylation is 1. The van der Waals surface area contributed by atoms with Gasteiger partial charge in [0, 0.05) is 12.3 Å². The number of rotatable bonds is 4. The fraction of sp³-hybridized carbons (Fsp3) is 0.583. The van der Waals surface area contributed by atoms with Gasteiger partial charge in [-0.05, 0) is 25.0 Å². The van der Waals surface area contributed by atoms with Crippen LogP contribution in [-0.4, -0.2) is 11.1 Å². The first kappa shape index (κ1) is 10.3. The molecule has 0 saturated heterocycles. The molecule has 3 heteroatoms. The molecule has 0 atom stereocenters. The van der Waals surface area contributed by atoms with Crippen molar-refractivity contribution in [1.82, 2.24) is 0 Å². The minimum Gasteiger partial charge on any atom is -0.481 e. The zero-order chi connectivity index (χ0) is 10.7. The Morgan fingerprint density at radius 1 is 1.40 bits per heavy atom. The maximum Gasteiger partial charge on any atom is 0.303 e. The molecular weight excluding hydrogens is 192 g/mol. The second-order valence-corrected chi connectivity index (χ2v) is 4.18. The normalized spacial score (nSPS) is 17.1. The Labute approximate surface area is 89.1 Å². The summed E-state index contributed by atoms with van der Waals surface area (Å²) in [6.07, 6.45) is 5.66. The van der Waals surface area contributed by atoms with Crippen molar-refractivity contribution in [3.63, 3.8) is 0 Å². The molecule has 1 saturated carbocycles. The number of carboxylic acids is 1. The summed E-state index contributed by atoms with van der Waals surface area (Å²) < 4.78 is 5.65. The second-order valence-electron chi connectivity index (χ2n) is 4.18. The minimum atomic E-state index is -0.770. The molecule has 3 nitrogen and oxygen atoms in total. The molecule has 1 N–H and O–H groups in total. The molecular formula is C12H16O3. The summed E-state index contributed by atoms with van der Waals surface area (Å²) in [5.41, 5.74) is 0. The lowest BCUT2D eigenvalue weighted by Crippen LogP contribution is -1.96. The van der Waals surface area contributed by atoms with E-state index < -0.39 is 5.97 Å². The number of aliphatic carboxylic acids is 1. The van der Waals surface area contributed by atoms with Gasteiger partial charge in [0.05, 0.1) is 6.42 Å². The Morgan fingerprint density at radius 2 is 2.13 bits per heavy atom. The fourth-order valence-electron chi connectivity index (χ4n) is 2.19. The topological polar surface area (TPSA) is 50.4 Å². The molecule has 0 amide bonds. The molecule has 2 rings (SSSR count). The largest absolute Gasteiger partial charge is 0.481 e. The van der Waals surface area contributed by atoms with E-state index in [1.54, 1.807) is 0 Å². The van der Waals surface area contributed by atoms with Crippen molar-refractivity contribution < 1.29 is 14.3 Å². The van der Waals surface area contributed by atoms with Crippen LogP contribution in [0.1, 0.15) is 49.5 Å². The molecule has 82 valence electrons. The van der Waals surface area contributed by atoms with Gasteiger partial charge in [0.2, 0.25) is 0 Å². The van der Waals surface area contributed by atoms with Gasteiger partial charge in [-0.3, -0.25) is 4.79 Å². The van der Waals surface area contributed by atoms with E-state index in [9.17, 15) is 4.79 Å². The molecule has 1 fully saturated rings. The summed E-state index contributed by atoms with van der Waals surface area (Å²) >= 11 is 0. The first-order valence-electron chi connectivity index (χ1n) is 5.56. The summed E-state index contributed by atoms with van der Waals surface area (Å²) in [6, 6.07) is 3.92. The third-order valence-corrected chi connectivity index (χ3v) is 3.03. The third-order valence-electron chi connectivity index (χ3n) is 3.03. The summed E-state index contributed by atoms with van der Waals surface area (Å²) in [5, 5.41) is 8.55. The molecule has 1 aliphatic rings. The van der Waals surface area contributed by atoms with Crippen molar-refractivity contribution in [1.29, 1.82) is 0 Å². The highest BCUT2D eigenvalue weighted by atomic mass is 16.4. The van der Waals surface area contributed by atoms with Crippen LogP contribution >= 0.6 is 0 Å². The Morgan fingerprint density at radius 3 is 2.80 bits per heavy atom. The standard InChI is InChI=1S/C12H16O3/c13-12(14)8-6-10-5-7-11(15-10)9-3-1-2-4-9/h5,7,9H,1-4,6,8H2,(H,13,14). The van der Waals surface area contributed by atoms with Gasteiger partial charge in [0.25, 0.3) is 0 Å². The smallest absolute Gasteiger partial charge is 0.303 e. The predicted molar refractivity (Wildman–Crippen MR) is 55.9 cm³/mol. The molecule has 0 spiro atoms. The average molecular weight is 208 g/mol. The minimum absolute atomic E-state index is 0.150. The van der Waals surface area contributed by atoms with Crippen LogP contribution in [0.5, 0.6) is 0 Å². The number of carbonyl (C=O) groups is 1. The van der Waals surface area contributed by atoms with Gasteiger partial charge in [0.1, 0.15) is 11.5 Å². The van der Waals surface area contributed by atoms with Crippen molar-refractivity contribution >= 4 is 5.97 Å². The van der Waals surface area contributed by atoms with Crippen molar-refractivity contribution in [2.45, 2.75) is 44.4 Å². The van der Waals surface area contributed by atoms with Gasteiger partial charge >= 0.3 is 5.97 Å². The van der Waals surface area contributed by atoms with E-state index in [1.165, 1.54) is 25.7 Å². The van der Waals surface area contributed by atoms with Gasteiger partial charge in [-0.2, -0.15) is 0 Å². The van der Waals surface area contributed by atoms with Crippen LogP contribution in [-0.2, 0) is 11.2 Å². The maximum absolute atomic E-state index is 10.4. The van der Waals surface area contributed by atoms with E-state index >= 15 is 0 Å². The number of carboxylic acid groups (broad SMARTS) is 1. The number of hydrogen-bond acceptors (Lipinski definition) is 2. The van der Waals surface area contributed by atoms with Crippen LogP contribution in [0.2, 0.25) is 0 Å².